The fourth-order valence-electron chi connectivity index (χ4n) is 1.75. The molecule has 0 saturated carbocycles. The number of imidazole rings is 1. The van der Waals surface area contributed by atoms with Crippen LogP contribution in [0.1, 0.15) is 5.56 Å². The largest absolute Gasteiger partial charge is 0.295 e. The zero-order valence-corrected chi connectivity index (χ0v) is 11.2. The average Bonchev–Trinajstić information content (AvgIpc) is 2.82. The van der Waals surface area contributed by atoms with Gasteiger partial charge in [0.15, 0.2) is 5.16 Å². The molecule has 2 heterocycles. The number of nitrogens with zero attached hydrogens (tertiary/aromatic N) is 2. The molecule has 0 saturated heterocycles. The first-order valence-electron chi connectivity index (χ1n) is 5.62. The van der Waals surface area contributed by atoms with Gasteiger partial charge in [0.1, 0.15) is 0 Å². The molecule has 2 nitrogen and oxygen atoms in total. The first kappa shape index (κ1) is 11.6. The standard InChI is InChI=1S/C14H11ClN2S/c15-12-6-4-11(5-7-12)10-18-14-16-9-13-3-1-2-8-17(13)14/h1-9H,10H2. The van der Waals surface area contributed by atoms with Gasteiger partial charge in [0.05, 0.1) is 11.7 Å². The Morgan fingerprint density at radius 3 is 2.78 bits per heavy atom. The van der Waals surface area contributed by atoms with Crippen LogP contribution in [-0.4, -0.2) is 9.38 Å². The summed E-state index contributed by atoms with van der Waals surface area (Å²) in [6.45, 7) is 0. The van der Waals surface area contributed by atoms with Crippen molar-refractivity contribution in [2.24, 2.45) is 0 Å². The highest BCUT2D eigenvalue weighted by Gasteiger charge is 2.03. The molecule has 0 spiro atoms. The third-order valence-corrected chi connectivity index (χ3v) is 3.98. The van der Waals surface area contributed by atoms with Crippen LogP contribution in [0.2, 0.25) is 5.02 Å². The number of halogens is 1. The summed E-state index contributed by atoms with van der Waals surface area (Å²) in [4.78, 5) is 4.43. The highest BCUT2D eigenvalue weighted by molar-refractivity contribution is 7.98. The Labute approximate surface area is 115 Å². The lowest BCUT2D eigenvalue weighted by molar-refractivity contribution is 0.957. The first-order chi connectivity index (χ1) is 8.83. The molecule has 0 atom stereocenters. The fraction of sp³-hybridized carbons (Fsp3) is 0.0714. The number of pyridine rings is 1. The van der Waals surface area contributed by atoms with Gasteiger partial charge >= 0.3 is 0 Å². The van der Waals surface area contributed by atoms with Crippen molar-refractivity contribution in [3.8, 4) is 0 Å². The van der Waals surface area contributed by atoms with E-state index in [1.54, 1.807) is 11.8 Å². The molecule has 0 unspecified atom stereocenters. The van der Waals surface area contributed by atoms with Crippen molar-refractivity contribution in [3.05, 3.63) is 65.4 Å². The minimum atomic E-state index is 0.773. The summed E-state index contributed by atoms with van der Waals surface area (Å²) in [5.41, 5.74) is 2.37. The number of thioether (sulfide) groups is 1. The Bertz CT molecular complexity index is 661. The van der Waals surface area contributed by atoms with Crippen molar-refractivity contribution in [1.29, 1.82) is 0 Å². The lowest BCUT2D eigenvalue weighted by Crippen LogP contribution is -1.87. The monoisotopic (exact) mass is 274 g/mol. The molecule has 0 radical (unpaired) electrons. The summed E-state index contributed by atoms with van der Waals surface area (Å²) >= 11 is 7.59. The second-order valence-corrected chi connectivity index (χ2v) is 5.33. The predicted octanol–water partition coefficient (Wildman–Crippen LogP) is 4.28. The van der Waals surface area contributed by atoms with Gasteiger partial charge in [-0.05, 0) is 29.8 Å². The third-order valence-electron chi connectivity index (χ3n) is 2.69. The van der Waals surface area contributed by atoms with Gasteiger partial charge in [-0.25, -0.2) is 4.98 Å². The van der Waals surface area contributed by atoms with Crippen molar-refractivity contribution >= 4 is 28.9 Å². The molecule has 90 valence electrons. The van der Waals surface area contributed by atoms with E-state index in [0.717, 1.165) is 21.4 Å². The summed E-state index contributed by atoms with van der Waals surface area (Å²) in [6.07, 6.45) is 3.93. The van der Waals surface area contributed by atoms with E-state index >= 15 is 0 Å². The smallest absolute Gasteiger partial charge is 0.172 e. The van der Waals surface area contributed by atoms with Crippen LogP contribution in [0.5, 0.6) is 0 Å². The van der Waals surface area contributed by atoms with Crippen LogP contribution in [-0.2, 0) is 5.75 Å². The number of benzene rings is 1. The number of aromatic nitrogens is 2. The SMILES string of the molecule is Clc1ccc(CSc2ncc3ccccn23)cc1. The lowest BCUT2D eigenvalue weighted by Gasteiger charge is -2.01. The summed E-state index contributed by atoms with van der Waals surface area (Å²) in [7, 11) is 0. The summed E-state index contributed by atoms with van der Waals surface area (Å²) < 4.78 is 2.10. The minimum Gasteiger partial charge on any atom is -0.295 e. The highest BCUT2D eigenvalue weighted by atomic mass is 35.5. The summed E-state index contributed by atoms with van der Waals surface area (Å²) in [5, 5.41) is 1.79. The van der Waals surface area contributed by atoms with E-state index in [2.05, 4.69) is 15.5 Å². The molecule has 4 heteroatoms. The maximum atomic E-state index is 5.87. The predicted molar refractivity (Wildman–Crippen MR) is 76.2 cm³/mol. The molecule has 18 heavy (non-hydrogen) atoms. The Hall–Kier alpha value is -1.45. The van der Waals surface area contributed by atoms with Gasteiger partial charge in [0.25, 0.3) is 0 Å². The van der Waals surface area contributed by atoms with Gasteiger partial charge in [0, 0.05) is 17.0 Å². The van der Waals surface area contributed by atoms with E-state index < -0.39 is 0 Å². The topological polar surface area (TPSA) is 17.3 Å². The van der Waals surface area contributed by atoms with Gasteiger partial charge in [-0.2, -0.15) is 0 Å². The molecule has 0 aliphatic rings. The molecule has 0 aliphatic carbocycles. The Morgan fingerprint density at radius 2 is 1.94 bits per heavy atom. The number of fused-ring (bicyclic) bond motifs is 1. The van der Waals surface area contributed by atoms with Crippen LogP contribution >= 0.6 is 23.4 Å². The number of hydrogen-bond acceptors (Lipinski definition) is 2. The van der Waals surface area contributed by atoms with E-state index in [9.17, 15) is 0 Å². The quantitative estimate of drug-likeness (QED) is 0.663. The summed E-state index contributed by atoms with van der Waals surface area (Å²) in [6, 6.07) is 14.0. The fourth-order valence-corrected chi connectivity index (χ4v) is 2.80. The molecule has 0 bridgehead atoms. The second-order valence-electron chi connectivity index (χ2n) is 3.95. The zero-order valence-electron chi connectivity index (χ0n) is 9.58. The van der Waals surface area contributed by atoms with Gasteiger partial charge in [-0.3, -0.25) is 4.40 Å². The zero-order chi connectivity index (χ0) is 12.4. The maximum absolute atomic E-state index is 5.87. The average molecular weight is 275 g/mol. The van der Waals surface area contributed by atoms with Crippen LogP contribution in [0, 0.1) is 0 Å². The van der Waals surface area contributed by atoms with Crippen molar-refractivity contribution < 1.29 is 0 Å². The van der Waals surface area contributed by atoms with Crippen LogP contribution in [0.15, 0.2) is 60.0 Å². The Morgan fingerprint density at radius 1 is 1.11 bits per heavy atom. The third kappa shape index (κ3) is 2.37. The lowest BCUT2D eigenvalue weighted by atomic mass is 10.2. The van der Waals surface area contributed by atoms with Crippen molar-refractivity contribution in [2.45, 2.75) is 10.9 Å². The van der Waals surface area contributed by atoms with E-state index in [1.165, 1.54) is 5.56 Å². The normalized spacial score (nSPS) is 10.9. The Kier molecular flexibility index (Phi) is 3.26. The van der Waals surface area contributed by atoms with Crippen molar-refractivity contribution in [1.82, 2.24) is 9.38 Å². The molecule has 2 aromatic heterocycles. The number of rotatable bonds is 3. The second kappa shape index (κ2) is 5.04. The minimum absolute atomic E-state index is 0.773. The molecule has 3 aromatic rings. The van der Waals surface area contributed by atoms with E-state index in [-0.39, 0.29) is 0 Å². The molecule has 0 fully saturated rings. The van der Waals surface area contributed by atoms with E-state index in [0.29, 0.717) is 0 Å². The molecule has 0 amide bonds. The van der Waals surface area contributed by atoms with Gasteiger partial charge in [-0.15, -0.1) is 0 Å². The summed E-state index contributed by atoms with van der Waals surface area (Å²) in [5.74, 6) is 0.894. The molecule has 0 aliphatic heterocycles. The Balaban J connectivity index is 1.79. The first-order valence-corrected chi connectivity index (χ1v) is 6.98. The highest BCUT2D eigenvalue weighted by Crippen LogP contribution is 2.23. The van der Waals surface area contributed by atoms with Crippen LogP contribution < -0.4 is 0 Å². The maximum Gasteiger partial charge on any atom is 0.172 e. The molecule has 0 N–H and O–H groups in total. The molecule has 3 rings (SSSR count). The van der Waals surface area contributed by atoms with Gasteiger partial charge < -0.3 is 0 Å². The van der Waals surface area contributed by atoms with Gasteiger partial charge in [0.2, 0.25) is 0 Å². The molecule has 1 aromatic carbocycles. The van der Waals surface area contributed by atoms with Crippen LogP contribution in [0.4, 0.5) is 0 Å². The van der Waals surface area contributed by atoms with E-state index in [1.807, 2.05) is 48.8 Å². The molecular weight excluding hydrogens is 264 g/mol. The van der Waals surface area contributed by atoms with Crippen LogP contribution in [0.25, 0.3) is 5.52 Å². The number of hydrogen-bond donors (Lipinski definition) is 0. The van der Waals surface area contributed by atoms with Gasteiger partial charge in [-0.1, -0.05) is 41.6 Å². The van der Waals surface area contributed by atoms with Crippen LogP contribution in [0.3, 0.4) is 0 Å². The van der Waals surface area contributed by atoms with E-state index in [4.69, 9.17) is 11.6 Å². The van der Waals surface area contributed by atoms with Crippen molar-refractivity contribution in [3.63, 3.8) is 0 Å². The van der Waals surface area contributed by atoms with Crippen molar-refractivity contribution in [2.75, 3.05) is 0 Å². The molecular formula is C14H11ClN2S.